The second kappa shape index (κ2) is 10.6. The lowest BCUT2D eigenvalue weighted by atomic mass is 10.1. The van der Waals surface area contributed by atoms with Gasteiger partial charge >= 0.3 is 0 Å². The summed E-state index contributed by atoms with van der Waals surface area (Å²) in [5, 5.41) is 2.95. The number of piperidine rings is 1. The highest BCUT2D eigenvalue weighted by atomic mass is 32.2. The third kappa shape index (κ3) is 6.21. The van der Waals surface area contributed by atoms with Gasteiger partial charge < -0.3 is 14.8 Å². The zero-order chi connectivity index (χ0) is 22.3. The van der Waals surface area contributed by atoms with Crippen LogP contribution in [0.1, 0.15) is 31.7 Å². The van der Waals surface area contributed by atoms with E-state index in [4.69, 9.17) is 9.47 Å². The second-order valence-corrected chi connectivity index (χ2v) is 9.54. The predicted molar refractivity (Wildman–Crippen MR) is 119 cm³/mol. The number of nitrogens with zero attached hydrogens (tertiary/aromatic N) is 1. The van der Waals surface area contributed by atoms with Gasteiger partial charge in [-0.25, -0.2) is 8.42 Å². The molecule has 3 rings (SSSR count). The first-order chi connectivity index (χ1) is 14.9. The van der Waals surface area contributed by atoms with Gasteiger partial charge in [0.15, 0.2) is 6.61 Å². The van der Waals surface area contributed by atoms with E-state index in [0.29, 0.717) is 37.4 Å². The summed E-state index contributed by atoms with van der Waals surface area (Å²) in [6.07, 6.45) is 3.23. The van der Waals surface area contributed by atoms with Crippen molar-refractivity contribution in [1.29, 1.82) is 0 Å². The molecule has 0 spiro atoms. The van der Waals surface area contributed by atoms with E-state index in [-0.39, 0.29) is 23.5 Å². The number of carbonyl (C=O) groups is 1. The molecular weight excluding hydrogens is 416 g/mol. The Kier molecular flexibility index (Phi) is 7.92. The SMILES string of the molecule is CCCc1ccc(OCC(=O)NC2CCN(S(=O)(=O)c3ccc(OC)cc3)CC2)cc1. The highest BCUT2D eigenvalue weighted by Gasteiger charge is 2.30. The number of hydrogen-bond donors (Lipinski definition) is 1. The van der Waals surface area contributed by atoms with Crippen LogP contribution in [-0.4, -0.2) is 51.5 Å². The Balaban J connectivity index is 1.45. The first-order valence-electron chi connectivity index (χ1n) is 10.6. The fourth-order valence-corrected chi connectivity index (χ4v) is 5.07. The summed E-state index contributed by atoms with van der Waals surface area (Å²) in [5.41, 5.74) is 1.25. The Morgan fingerprint density at radius 2 is 1.65 bits per heavy atom. The Morgan fingerprint density at radius 3 is 2.23 bits per heavy atom. The molecule has 31 heavy (non-hydrogen) atoms. The largest absolute Gasteiger partial charge is 0.497 e. The number of methoxy groups -OCH3 is 1. The molecule has 0 aromatic heterocycles. The Morgan fingerprint density at radius 1 is 1.03 bits per heavy atom. The molecule has 7 nitrogen and oxygen atoms in total. The van der Waals surface area contributed by atoms with Gasteiger partial charge in [-0.1, -0.05) is 25.5 Å². The molecule has 8 heteroatoms. The fourth-order valence-electron chi connectivity index (χ4n) is 3.60. The Labute approximate surface area is 184 Å². The normalized spacial score (nSPS) is 15.4. The van der Waals surface area contributed by atoms with Crippen molar-refractivity contribution >= 4 is 15.9 Å². The molecule has 0 unspecified atom stereocenters. The van der Waals surface area contributed by atoms with Crippen LogP contribution in [0.15, 0.2) is 53.4 Å². The van der Waals surface area contributed by atoms with Crippen molar-refractivity contribution in [2.24, 2.45) is 0 Å². The van der Waals surface area contributed by atoms with Gasteiger partial charge in [0, 0.05) is 19.1 Å². The van der Waals surface area contributed by atoms with Crippen LogP contribution in [0.3, 0.4) is 0 Å². The van der Waals surface area contributed by atoms with Gasteiger partial charge in [0.05, 0.1) is 12.0 Å². The minimum absolute atomic E-state index is 0.0581. The van der Waals surface area contributed by atoms with Crippen LogP contribution >= 0.6 is 0 Å². The third-order valence-electron chi connectivity index (χ3n) is 5.35. The lowest BCUT2D eigenvalue weighted by molar-refractivity contribution is -0.124. The fraction of sp³-hybridized carbons (Fsp3) is 0.435. The van der Waals surface area contributed by atoms with Crippen LogP contribution in [0, 0.1) is 0 Å². The van der Waals surface area contributed by atoms with E-state index in [1.165, 1.54) is 17.0 Å². The molecular formula is C23H30N2O5S. The molecule has 0 bridgehead atoms. The number of sulfonamides is 1. The summed E-state index contributed by atoms with van der Waals surface area (Å²) < 4.78 is 37.7. The number of benzene rings is 2. The monoisotopic (exact) mass is 446 g/mol. The average Bonchev–Trinajstić information content (AvgIpc) is 2.79. The molecule has 0 saturated carbocycles. The average molecular weight is 447 g/mol. The lowest BCUT2D eigenvalue weighted by Crippen LogP contribution is -2.47. The number of rotatable bonds is 9. The molecule has 1 heterocycles. The van der Waals surface area contributed by atoms with Crippen molar-refractivity contribution in [3.63, 3.8) is 0 Å². The van der Waals surface area contributed by atoms with Gasteiger partial charge in [-0.05, 0) is 61.2 Å². The maximum atomic E-state index is 12.8. The molecule has 0 atom stereocenters. The van der Waals surface area contributed by atoms with Crippen LogP contribution < -0.4 is 14.8 Å². The Hall–Kier alpha value is -2.58. The van der Waals surface area contributed by atoms with E-state index in [9.17, 15) is 13.2 Å². The third-order valence-corrected chi connectivity index (χ3v) is 7.26. The van der Waals surface area contributed by atoms with Gasteiger partial charge in [0.2, 0.25) is 10.0 Å². The molecule has 0 radical (unpaired) electrons. The summed E-state index contributed by atoms with van der Waals surface area (Å²) >= 11 is 0. The molecule has 1 amide bonds. The number of amides is 1. The Bertz CT molecular complexity index is 950. The number of carbonyl (C=O) groups excluding carboxylic acids is 1. The summed E-state index contributed by atoms with van der Waals surface area (Å²) in [5.74, 6) is 1.07. The maximum Gasteiger partial charge on any atom is 0.258 e. The molecule has 1 saturated heterocycles. The number of nitrogens with one attached hydrogen (secondary N) is 1. The molecule has 1 fully saturated rings. The van der Waals surface area contributed by atoms with Crippen LogP contribution in [0.2, 0.25) is 0 Å². The molecule has 1 aliphatic heterocycles. The maximum absolute atomic E-state index is 12.8. The number of aryl methyl sites for hydroxylation is 1. The molecule has 1 aliphatic rings. The minimum atomic E-state index is -3.55. The highest BCUT2D eigenvalue weighted by molar-refractivity contribution is 7.89. The van der Waals surface area contributed by atoms with Crippen LogP contribution in [0.25, 0.3) is 0 Å². The van der Waals surface area contributed by atoms with Crippen LogP contribution in [-0.2, 0) is 21.2 Å². The van der Waals surface area contributed by atoms with Gasteiger partial charge in [0.25, 0.3) is 5.91 Å². The summed E-state index contributed by atoms with van der Waals surface area (Å²) in [6, 6.07) is 14.1. The van der Waals surface area contributed by atoms with E-state index in [1.807, 2.05) is 24.3 Å². The van der Waals surface area contributed by atoms with Crippen molar-refractivity contribution in [2.75, 3.05) is 26.8 Å². The number of hydrogen-bond acceptors (Lipinski definition) is 5. The smallest absolute Gasteiger partial charge is 0.258 e. The van der Waals surface area contributed by atoms with Crippen LogP contribution in [0.4, 0.5) is 0 Å². The molecule has 168 valence electrons. The zero-order valence-corrected chi connectivity index (χ0v) is 18.9. The van der Waals surface area contributed by atoms with E-state index in [0.717, 1.165) is 12.8 Å². The minimum Gasteiger partial charge on any atom is -0.497 e. The van der Waals surface area contributed by atoms with Crippen molar-refractivity contribution in [1.82, 2.24) is 9.62 Å². The van der Waals surface area contributed by atoms with E-state index >= 15 is 0 Å². The molecule has 0 aliphatic carbocycles. The van der Waals surface area contributed by atoms with Crippen molar-refractivity contribution in [2.45, 2.75) is 43.5 Å². The van der Waals surface area contributed by atoms with E-state index in [2.05, 4.69) is 12.2 Å². The van der Waals surface area contributed by atoms with Crippen molar-refractivity contribution in [3.05, 3.63) is 54.1 Å². The van der Waals surface area contributed by atoms with E-state index in [1.54, 1.807) is 24.3 Å². The number of ether oxygens (including phenoxy) is 2. The lowest BCUT2D eigenvalue weighted by Gasteiger charge is -2.31. The van der Waals surface area contributed by atoms with Gasteiger partial charge in [-0.3, -0.25) is 4.79 Å². The van der Waals surface area contributed by atoms with Crippen molar-refractivity contribution < 1.29 is 22.7 Å². The summed E-state index contributed by atoms with van der Waals surface area (Å²) in [6.45, 7) is 2.79. The second-order valence-electron chi connectivity index (χ2n) is 7.60. The first-order valence-corrected chi connectivity index (χ1v) is 12.0. The van der Waals surface area contributed by atoms with Gasteiger partial charge in [-0.15, -0.1) is 0 Å². The quantitative estimate of drug-likeness (QED) is 0.640. The molecule has 2 aromatic carbocycles. The molecule has 2 aromatic rings. The first kappa shape index (κ1) is 23.1. The summed E-state index contributed by atoms with van der Waals surface area (Å²) in [4.78, 5) is 12.5. The topological polar surface area (TPSA) is 84.9 Å². The van der Waals surface area contributed by atoms with Gasteiger partial charge in [0.1, 0.15) is 11.5 Å². The standard InChI is InChI=1S/C23H30N2O5S/c1-3-4-18-5-7-21(8-6-18)30-17-23(26)24-19-13-15-25(16-14-19)31(27,28)22-11-9-20(29-2)10-12-22/h5-12,19H,3-4,13-17H2,1-2H3,(H,24,26). The highest BCUT2D eigenvalue weighted by Crippen LogP contribution is 2.23. The summed E-state index contributed by atoms with van der Waals surface area (Å²) in [7, 11) is -2.01. The van der Waals surface area contributed by atoms with E-state index < -0.39 is 10.0 Å². The zero-order valence-electron chi connectivity index (χ0n) is 18.0. The van der Waals surface area contributed by atoms with Crippen molar-refractivity contribution in [3.8, 4) is 11.5 Å². The molecule has 1 N–H and O–H groups in total. The predicted octanol–water partition coefficient (Wildman–Crippen LogP) is 3.00. The van der Waals surface area contributed by atoms with Gasteiger partial charge in [-0.2, -0.15) is 4.31 Å². The van der Waals surface area contributed by atoms with Crippen LogP contribution in [0.5, 0.6) is 11.5 Å².